The van der Waals surface area contributed by atoms with E-state index >= 15 is 0 Å². The second-order valence-electron chi connectivity index (χ2n) is 5.28. The number of aryl methyl sites for hydroxylation is 1. The largest absolute Gasteiger partial charge is 0.348 e. The van der Waals surface area contributed by atoms with Gasteiger partial charge in [-0.05, 0) is 43.0 Å². The van der Waals surface area contributed by atoms with Crippen LogP contribution in [0.2, 0.25) is 5.02 Å². The lowest BCUT2D eigenvalue weighted by Gasteiger charge is -2.07. The highest BCUT2D eigenvalue weighted by atomic mass is 35.5. The molecule has 0 radical (unpaired) electrons. The Hall–Kier alpha value is -2.40. The molecule has 2 aromatic carbocycles. The average Bonchev–Trinajstić information content (AvgIpc) is 2.58. The number of halogens is 2. The van der Waals surface area contributed by atoms with Crippen molar-refractivity contribution in [1.29, 1.82) is 0 Å². The van der Waals surface area contributed by atoms with Crippen molar-refractivity contribution < 1.29 is 14.0 Å². The monoisotopic (exact) mass is 348 g/mol. The topological polar surface area (TPSA) is 58.2 Å². The summed E-state index contributed by atoms with van der Waals surface area (Å²) in [5.74, 6) is -2.12. The number of hydrogen-bond donors (Lipinski definition) is 2. The number of nitrogens with one attached hydrogen (secondary N) is 2. The van der Waals surface area contributed by atoms with Gasteiger partial charge < -0.3 is 10.6 Å². The maximum absolute atomic E-state index is 13.0. The van der Waals surface area contributed by atoms with Crippen LogP contribution in [0.15, 0.2) is 48.5 Å². The fraction of sp³-hybridized carbons (Fsp3) is 0.222. The zero-order chi connectivity index (χ0) is 17.4. The third kappa shape index (κ3) is 5.66. The molecule has 0 fully saturated rings. The van der Waals surface area contributed by atoms with Crippen molar-refractivity contribution in [3.8, 4) is 0 Å². The average molecular weight is 349 g/mol. The van der Waals surface area contributed by atoms with Crippen LogP contribution in [0.1, 0.15) is 18.4 Å². The van der Waals surface area contributed by atoms with Gasteiger partial charge in [-0.15, -0.1) is 0 Å². The molecule has 2 amide bonds. The van der Waals surface area contributed by atoms with Gasteiger partial charge in [0.15, 0.2) is 0 Å². The van der Waals surface area contributed by atoms with Crippen LogP contribution in [0.5, 0.6) is 0 Å². The highest BCUT2D eigenvalue weighted by Gasteiger charge is 2.13. The van der Waals surface area contributed by atoms with Gasteiger partial charge in [-0.3, -0.25) is 9.59 Å². The molecule has 0 atom stereocenters. The molecule has 0 unspecified atom stereocenters. The molecule has 0 saturated carbocycles. The Morgan fingerprint density at radius 1 is 1.00 bits per heavy atom. The van der Waals surface area contributed by atoms with E-state index < -0.39 is 17.6 Å². The van der Waals surface area contributed by atoms with Crippen molar-refractivity contribution in [2.45, 2.75) is 19.3 Å². The lowest BCUT2D eigenvalue weighted by atomic mass is 10.1. The zero-order valence-electron chi connectivity index (χ0n) is 13.0. The predicted molar refractivity (Wildman–Crippen MR) is 92.4 cm³/mol. The summed E-state index contributed by atoms with van der Waals surface area (Å²) in [6.45, 7) is 0.420. The molecule has 126 valence electrons. The molecule has 2 N–H and O–H groups in total. The molecule has 0 aliphatic heterocycles. The standard InChI is InChI=1S/C18H18ClFN2O2/c19-15-12-14(9-10-16(15)20)22-18(24)17(23)21-11-5-4-8-13-6-2-1-3-7-13/h1-3,6-7,9-10,12H,4-5,8,11H2,(H,21,23)(H,22,24). The quantitative estimate of drug-likeness (QED) is 0.619. The summed E-state index contributed by atoms with van der Waals surface area (Å²) in [7, 11) is 0. The molecule has 0 aliphatic rings. The molecule has 0 bridgehead atoms. The van der Waals surface area contributed by atoms with Crippen molar-refractivity contribution in [2.24, 2.45) is 0 Å². The highest BCUT2D eigenvalue weighted by molar-refractivity contribution is 6.39. The van der Waals surface area contributed by atoms with Gasteiger partial charge in [0, 0.05) is 12.2 Å². The van der Waals surface area contributed by atoms with Crippen molar-refractivity contribution >= 4 is 29.1 Å². The van der Waals surface area contributed by atoms with Crippen LogP contribution < -0.4 is 10.6 Å². The summed E-state index contributed by atoms with van der Waals surface area (Å²) >= 11 is 5.62. The number of carbonyl (C=O) groups excluding carboxylic acids is 2. The number of carbonyl (C=O) groups is 2. The summed E-state index contributed by atoms with van der Waals surface area (Å²) in [5, 5.41) is 4.81. The van der Waals surface area contributed by atoms with E-state index in [-0.39, 0.29) is 10.7 Å². The van der Waals surface area contributed by atoms with Crippen LogP contribution in [0, 0.1) is 5.82 Å². The zero-order valence-corrected chi connectivity index (χ0v) is 13.8. The highest BCUT2D eigenvalue weighted by Crippen LogP contribution is 2.19. The predicted octanol–water partition coefficient (Wildman–Crippen LogP) is 3.56. The summed E-state index contributed by atoms with van der Waals surface area (Å²) in [5.41, 5.74) is 1.51. The van der Waals surface area contributed by atoms with Gasteiger partial charge in [0.1, 0.15) is 5.82 Å². The number of amides is 2. The molecule has 0 aliphatic carbocycles. The van der Waals surface area contributed by atoms with Crippen LogP contribution in [0.3, 0.4) is 0 Å². The van der Waals surface area contributed by atoms with Crippen LogP contribution in [0.4, 0.5) is 10.1 Å². The van der Waals surface area contributed by atoms with Crippen LogP contribution >= 0.6 is 11.6 Å². The summed E-state index contributed by atoms with van der Waals surface area (Å²) in [6, 6.07) is 13.8. The third-order valence-corrected chi connectivity index (χ3v) is 3.69. The molecule has 0 aromatic heterocycles. The van der Waals surface area contributed by atoms with E-state index in [9.17, 15) is 14.0 Å². The summed E-state index contributed by atoms with van der Waals surface area (Å²) in [4.78, 5) is 23.4. The molecule has 2 aromatic rings. The summed E-state index contributed by atoms with van der Waals surface area (Å²) in [6.07, 6.45) is 2.62. The minimum Gasteiger partial charge on any atom is -0.348 e. The maximum atomic E-state index is 13.0. The van der Waals surface area contributed by atoms with Crippen molar-refractivity contribution in [2.75, 3.05) is 11.9 Å². The molecule has 0 heterocycles. The Labute approximate surface area is 145 Å². The van der Waals surface area contributed by atoms with E-state index in [1.165, 1.54) is 17.7 Å². The Kier molecular flexibility index (Phi) is 6.75. The first-order valence-corrected chi connectivity index (χ1v) is 8.02. The van der Waals surface area contributed by atoms with Gasteiger partial charge in [0.2, 0.25) is 0 Å². The lowest BCUT2D eigenvalue weighted by Crippen LogP contribution is -2.35. The smallest absolute Gasteiger partial charge is 0.313 e. The Morgan fingerprint density at radius 3 is 2.46 bits per heavy atom. The SMILES string of the molecule is O=C(NCCCCc1ccccc1)C(=O)Nc1ccc(F)c(Cl)c1. The first-order valence-electron chi connectivity index (χ1n) is 7.64. The number of benzene rings is 2. The van der Waals surface area contributed by atoms with E-state index in [4.69, 9.17) is 11.6 Å². The lowest BCUT2D eigenvalue weighted by molar-refractivity contribution is -0.136. The van der Waals surface area contributed by atoms with Gasteiger partial charge in [0.05, 0.1) is 5.02 Å². The van der Waals surface area contributed by atoms with Crippen LogP contribution in [-0.2, 0) is 16.0 Å². The Morgan fingerprint density at radius 2 is 1.75 bits per heavy atom. The van der Waals surface area contributed by atoms with E-state index in [0.29, 0.717) is 6.54 Å². The number of unbranched alkanes of at least 4 members (excludes halogenated alkanes) is 1. The Bertz CT molecular complexity index is 707. The number of anilines is 1. The number of hydrogen-bond acceptors (Lipinski definition) is 2. The molecule has 24 heavy (non-hydrogen) atoms. The van der Waals surface area contributed by atoms with E-state index in [1.54, 1.807) is 0 Å². The fourth-order valence-electron chi connectivity index (χ4n) is 2.14. The van der Waals surface area contributed by atoms with Gasteiger partial charge in [-0.25, -0.2) is 4.39 Å². The first kappa shape index (κ1) is 17.9. The Balaban J connectivity index is 1.68. The van der Waals surface area contributed by atoms with Crippen LogP contribution in [0.25, 0.3) is 0 Å². The number of rotatable bonds is 6. The first-order chi connectivity index (χ1) is 11.6. The second kappa shape index (κ2) is 9.03. The second-order valence-corrected chi connectivity index (χ2v) is 5.69. The molecule has 0 saturated heterocycles. The molecule has 2 rings (SSSR count). The normalized spacial score (nSPS) is 10.2. The maximum Gasteiger partial charge on any atom is 0.313 e. The fourth-order valence-corrected chi connectivity index (χ4v) is 2.32. The van der Waals surface area contributed by atoms with Gasteiger partial charge in [-0.1, -0.05) is 41.9 Å². The molecule has 4 nitrogen and oxygen atoms in total. The van der Waals surface area contributed by atoms with Crippen molar-refractivity contribution in [1.82, 2.24) is 5.32 Å². The van der Waals surface area contributed by atoms with Crippen molar-refractivity contribution in [3.05, 3.63) is 64.9 Å². The third-order valence-electron chi connectivity index (χ3n) is 3.40. The molecule has 0 spiro atoms. The summed E-state index contributed by atoms with van der Waals surface area (Å²) < 4.78 is 13.0. The minimum atomic E-state index is -0.805. The molecular weight excluding hydrogens is 331 g/mol. The van der Waals surface area contributed by atoms with Gasteiger partial charge in [0.25, 0.3) is 0 Å². The van der Waals surface area contributed by atoms with E-state index in [1.807, 2.05) is 18.2 Å². The van der Waals surface area contributed by atoms with Crippen molar-refractivity contribution in [3.63, 3.8) is 0 Å². The van der Waals surface area contributed by atoms with Gasteiger partial charge >= 0.3 is 11.8 Å². The van der Waals surface area contributed by atoms with Crippen LogP contribution in [-0.4, -0.2) is 18.4 Å². The van der Waals surface area contributed by atoms with Gasteiger partial charge in [-0.2, -0.15) is 0 Å². The van der Waals surface area contributed by atoms with E-state index in [0.717, 1.165) is 25.3 Å². The molecular formula is C18H18ClFN2O2. The molecule has 6 heteroatoms. The minimum absolute atomic E-state index is 0.117. The van der Waals surface area contributed by atoms with E-state index in [2.05, 4.69) is 22.8 Å².